The van der Waals surface area contributed by atoms with E-state index in [9.17, 15) is 0 Å². The smallest absolute Gasteiger partial charge is 0.234 e. The maximum Gasteiger partial charge on any atom is 0.234 e. The lowest BCUT2D eigenvalue weighted by Crippen LogP contribution is -2.39. The van der Waals surface area contributed by atoms with Crippen molar-refractivity contribution in [2.24, 2.45) is 13.0 Å². The Morgan fingerprint density at radius 1 is 1.25 bits per heavy atom. The van der Waals surface area contributed by atoms with Gasteiger partial charge in [0.15, 0.2) is 0 Å². The van der Waals surface area contributed by atoms with E-state index in [-0.39, 0.29) is 0 Å². The highest BCUT2D eigenvalue weighted by atomic mass is 16.5. The monoisotopic (exact) mass is 330 g/mol. The van der Waals surface area contributed by atoms with E-state index in [1.807, 2.05) is 19.4 Å². The second-order valence-corrected chi connectivity index (χ2v) is 6.31. The minimum Gasteiger partial charge on any atom is -0.477 e. The molecule has 1 saturated heterocycles. The highest BCUT2D eigenvalue weighted by Crippen LogP contribution is 2.34. The lowest BCUT2D eigenvalue weighted by Gasteiger charge is -2.39. The molecule has 1 N–H and O–H groups in total. The molecule has 1 aliphatic heterocycles. The van der Waals surface area contributed by atoms with Crippen LogP contribution in [0.3, 0.4) is 0 Å². The Labute approximate surface area is 143 Å². The van der Waals surface area contributed by atoms with Crippen LogP contribution in [-0.2, 0) is 7.05 Å². The number of likely N-dealkylation sites (tertiary alicyclic amines) is 1. The van der Waals surface area contributed by atoms with Crippen molar-refractivity contribution in [3.63, 3.8) is 0 Å². The van der Waals surface area contributed by atoms with Gasteiger partial charge in [-0.1, -0.05) is 0 Å². The molecule has 130 valence electrons. The van der Waals surface area contributed by atoms with Crippen LogP contribution in [0.5, 0.6) is 5.88 Å². The number of hydrogen-bond donors (Lipinski definition) is 1. The van der Waals surface area contributed by atoms with Crippen molar-refractivity contribution >= 4 is 5.82 Å². The van der Waals surface area contributed by atoms with Crippen LogP contribution in [-0.4, -0.2) is 51.2 Å². The lowest BCUT2D eigenvalue weighted by atomic mass is 9.87. The van der Waals surface area contributed by atoms with Crippen LogP contribution in [0.2, 0.25) is 0 Å². The molecule has 0 unspecified atom stereocenters. The molecular formula is C17H26N6O. The maximum absolute atomic E-state index is 5.42. The van der Waals surface area contributed by atoms with Crippen molar-refractivity contribution in [1.82, 2.24) is 24.4 Å². The number of aryl methyl sites for hydroxylation is 1. The van der Waals surface area contributed by atoms with Gasteiger partial charge >= 0.3 is 0 Å². The number of aromatic nitrogens is 4. The van der Waals surface area contributed by atoms with E-state index in [2.05, 4.69) is 43.8 Å². The molecule has 2 atom stereocenters. The van der Waals surface area contributed by atoms with Gasteiger partial charge in [0.05, 0.1) is 37.1 Å². The number of anilines is 1. The fraction of sp³-hybridized carbons (Fsp3) is 0.588. The zero-order chi connectivity index (χ0) is 16.9. The number of imidazole rings is 1. The summed E-state index contributed by atoms with van der Waals surface area (Å²) >= 11 is 0. The molecule has 2 aromatic rings. The Balaban J connectivity index is 1.70. The molecule has 3 heterocycles. The molecule has 7 heteroatoms. The molecule has 1 fully saturated rings. The molecule has 3 rings (SSSR count). The second-order valence-electron chi connectivity index (χ2n) is 6.31. The van der Waals surface area contributed by atoms with Crippen LogP contribution in [0.4, 0.5) is 5.82 Å². The number of hydrogen-bond acceptors (Lipinski definition) is 6. The van der Waals surface area contributed by atoms with Crippen LogP contribution < -0.4 is 10.1 Å². The lowest BCUT2D eigenvalue weighted by molar-refractivity contribution is 0.122. The van der Waals surface area contributed by atoms with E-state index in [4.69, 9.17) is 4.74 Å². The Kier molecular flexibility index (Phi) is 5.30. The van der Waals surface area contributed by atoms with Gasteiger partial charge < -0.3 is 14.6 Å². The highest BCUT2D eigenvalue weighted by Gasteiger charge is 2.32. The molecule has 1 aliphatic rings. The number of ether oxygens (including phenoxy) is 1. The number of nitrogens with one attached hydrogen (secondary N) is 1. The van der Waals surface area contributed by atoms with E-state index < -0.39 is 0 Å². The predicted octanol–water partition coefficient (Wildman–Crippen LogP) is 2.10. The third-order valence-electron chi connectivity index (χ3n) is 4.61. The van der Waals surface area contributed by atoms with Crippen LogP contribution in [0, 0.1) is 5.92 Å². The van der Waals surface area contributed by atoms with Gasteiger partial charge in [0.2, 0.25) is 5.88 Å². The summed E-state index contributed by atoms with van der Waals surface area (Å²) in [5.74, 6) is 1.82. The van der Waals surface area contributed by atoms with Gasteiger partial charge in [-0.2, -0.15) is 4.98 Å². The minimum atomic E-state index is 0.363. The third-order valence-corrected chi connectivity index (χ3v) is 4.61. The first-order chi connectivity index (χ1) is 11.7. The molecule has 0 spiro atoms. The van der Waals surface area contributed by atoms with Gasteiger partial charge in [0.25, 0.3) is 0 Å². The quantitative estimate of drug-likeness (QED) is 0.875. The maximum atomic E-state index is 5.42. The summed E-state index contributed by atoms with van der Waals surface area (Å²) in [7, 11) is 4.26. The third kappa shape index (κ3) is 3.67. The number of piperidine rings is 1. The second kappa shape index (κ2) is 7.61. The zero-order valence-electron chi connectivity index (χ0n) is 14.6. The molecule has 0 aromatic carbocycles. The normalized spacial score (nSPS) is 21.6. The first-order valence-corrected chi connectivity index (χ1v) is 8.54. The molecule has 7 nitrogen and oxygen atoms in total. The van der Waals surface area contributed by atoms with Crippen molar-refractivity contribution in [3.05, 3.63) is 30.6 Å². The first-order valence-electron chi connectivity index (χ1n) is 8.54. The molecule has 0 radical (unpaired) electrons. The van der Waals surface area contributed by atoms with E-state index >= 15 is 0 Å². The fourth-order valence-corrected chi connectivity index (χ4v) is 3.48. The van der Waals surface area contributed by atoms with Gasteiger partial charge in [-0.05, 0) is 39.3 Å². The predicted molar refractivity (Wildman–Crippen MR) is 93.0 cm³/mol. The van der Waals surface area contributed by atoms with Gasteiger partial charge in [0.1, 0.15) is 5.82 Å². The van der Waals surface area contributed by atoms with Gasteiger partial charge in [-0.15, -0.1) is 0 Å². The Hall–Kier alpha value is -2.15. The summed E-state index contributed by atoms with van der Waals surface area (Å²) in [4.78, 5) is 15.4. The summed E-state index contributed by atoms with van der Waals surface area (Å²) in [6, 6.07) is 0.363. The molecule has 0 bridgehead atoms. The molecular weight excluding hydrogens is 304 g/mol. The van der Waals surface area contributed by atoms with Crippen molar-refractivity contribution in [2.45, 2.75) is 25.8 Å². The average molecular weight is 330 g/mol. The highest BCUT2D eigenvalue weighted by molar-refractivity contribution is 5.33. The Morgan fingerprint density at radius 3 is 2.88 bits per heavy atom. The van der Waals surface area contributed by atoms with Crippen molar-refractivity contribution in [2.75, 3.05) is 32.1 Å². The molecule has 0 aliphatic carbocycles. The van der Waals surface area contributed by atoms with Crippen molar-refractivity contribution < 1.29 is 4.74 Å². The van der Waals surface area contributed by atoms with Crippen molar-refractivity contribution in [1.29, 1.82) is 0 Å². The summed E-state index contributed by atoms with van der Waals surface area (Å²) < 4.78 is 7.54. The molecule has 0 amide bonds. The SMILES string of the molecule is CCOc1cncc(NC[C@@H]2CCCN(C)[C@H]2c2cncn2C)n1. The average Bonchev–Trinajstić information content (AvgIpc) is 2.99. The van der Waals surface area contributed by atoms with E-state index in [0.717, 1.165) is 18.9 Å². The van der Waals surface area contributed by atoms with E-state index in [1.165, 1.54) is 18.5 Å². The van der Waals surface area contributed by atoms with E-state index in [1.54, 1.807) is 12.4 Å². The van der Waals surface area contributed by atoms with Crippen LogP contribution in [0.1, 0.15) is 31.5 Å². The molecule has 2 aromatic heterocycles. The van der Waals surface area contributed by atoms with Crippen LogP contribution in [0.15, 0.2) is 24.9 Å². The number of rotatable bonds is 6. The largest absolute Gasteiger partial charge is 0.477 e. The van der Waals surface area contributed by atoms with E-state index in [0.29, 0.717) is 24.4 Å². The topological polar surface area (TPSA) is 68.1 Å². The van der Waals surface area contributed by atoms with Crippen molar-refractivity contribution in [3.8, 4) is 5.88 Å². The van der Waals surface area contributed by atoms with Gasteiger partial charge in [-0.3, -0.25) is 9.88 Å². The number of nitrogens with zero attached hydrogens (tertiary/aromatic N) is 5. The molecule has 0 saturated carbocycles. The minimum absolute atomic E-state index is 0.363. The standard InChI is InChI=1S/C17H26N6O/c1-4-24-16-11-18-10-15(21-16)20-8-13-6-5-7-22(2)17(13)14-9-19-12-23(14)3/h9-13,17H,4-8H2,1-3H3,(H,20,21)/t13-,17+/m0/s1. The summed E-state index contributed by atoms with van der Waals surface area (Å²) in [5.41, 5.74) is 1.26. The van der Waals surface area contributed by atoms with Gasteiger partial charge in [-0.25, -0.2) is 4.98 Å². The zero-order valence-corrected chi connectivity index (χ0v) is 14.6. The summed E-state index contributed by atoms with van der Waals surface area (Å²) in [6.07, 6.45) is 9.64. The Morgan fingerprint density at radius 2 is 2.12 bits per heavy atom. The van der Waals surface area contributed by atoms with Crippen LogP contribution >= 0.6 is 0 Å². The summed E-state index contributed by atoms with van der Waals surface area (Å²) in [5, 5.41) is 3.44. The van der Waals surface area contributed by atoms with Crippen LogP contribution in [0.25, 0.3) is 0 Å². The molecule has 24 heavy (non-hydrogen) atoms. The Bertz CT molecular complexity index is 658. The van der Waals surface area contributed by atoms with Gasteiger partial charge in [0, 0.05) is 19.8 Å². The first kappa shape index (κ1) is 16.7. The fourth-order valence-electron chi connectivity index (χ4n) is 3.48. The summed E-state index contributed by atoms with van der Waals surface area (Å²) in [6.45, 7) is 4.50.